The van der Waals surface area contributed by atoms with Crippen molar-refractivity contribution in [3.05, 3.63) is 51.7 Å². The predicted octanol–water partition coefficient (Wildman–Crippen LogP) is 3.22. The van der Waals surface area contributed by atoms with Crippen LogP contribution in [-0.4, -0.2) is 18.7 Å². The van der Waals surface area contributed by atoms with E-state index in [1.54, 1.807) is 42.7 Å². The van der Waals surface area contributed by atoms with E-state index in [4.69, 9.17) is 4.74 Å². The molecule has 1 aromatic heterocycles. The number of amides is 1. The normalized spacial score (nSPS) is 11.2. The van der Waals surface area contributed by atoms with Gasteiger partial charge in [-0.3, -0.25) is 4.79 Å². The van der Waals surface area contributed by atoms with Gasteiger partial charge in [0.05, 0.1) is 17.7 Å². The quantitative estimate of drug-likeness (QED) is 0.693. The minimum atomic E-state index is -0.253. The number of benzene rings is 1. The standard InChI is InChI=1S/C15H16N2O2S/c1-10-7-8-14(20-10)11(2)16-17-15(18)12-5-4-6-13(9-12)19-3/h4-9H,1-3H3,(H,17,18)/b16-11+. The molecule has 104 valence electrons. The van der Waals surface area contributed by atoms with E-state index in [-0.39, 0.29) is 5.91 Å². The van der Waals surface area contributed by atoms with Crippen LogP contribution in [0.5, 0.6) is 5.75 Å². The third-order valence-electron chi connectivity index (χ3n) is 2.75. The smallest absolute Gasteiger partial charge is 0.271 e. The van der Waals surface area contributed by atoms with Crippen molar-refractivity contribution >= 4 is 23.0 Å². The van der Waals surface area contributed by atoms with E-state index in [1.807, 2.05) is 26.0 Å². The monoisotopic (exact) mass is 288 g/mol. The molecule has 4 nitrogen and oxygen atoms in total. The van der Waals surface area contributed by atoms with Gasteiger partial charge in [-0.1, -0.05) is 6.07 Å². The molecule has 1 amide bonds. The molecule has 0 saturated carbocycles. The Morgan fingerprint density at radius 3 is 2.75 bits per heavy atom. The molecule has 0 spiro atoms. The maximum absolute atomic E-state index is 12.0. The van der Waals surface area contributed by atoms with Crippen molar-refractivity contribution in [1.82, 2.24) is 5.43 Å². The van der Waals surface area contributed by atoms with Crippen LogP contribution in [-0.2, 0) is 0 Å². The summed E-state index contributed by atoms with van der Waals surface area (Å²) in [5.41, 5.74) is 3.87. The van der Waals surface area contributed by atoms with Gasteiger partial charge in [-0.2, -0.15) is 5.10 Å². The molecule has 0 aliphatic carbocycles. The first kappa shape index (κ1) is 14.3. The summed E-state index contributed by atoms with van der Waals surface area (Å²) in [6, 6.07) is 11.0. The minimum absolute atomic E-state index is 0.253. The highest BCUT2D eigenvalue weighted by Gasteiger charge is 2.06. The van der Waals surface area contributed by atoms with Gasteiger partial charge in [0.25, 0.3) is 5.91 Å². The van der Waals surface area contributed by atoms with Crippen LogP contribution in [0.15, 0.2) is 41.5 Å². The molecule has 1 N–H and O–H groups in total. The molecule has 2 rings (SSSR count). The van der Waals surface area contributed by atoms with Crippen molar-refractivity contribution in [2.24, 2.45) is 5.10 Å². The first-order valence-corrected chi connectivity index (χ1v) is 6.97. The van der Waals surface area contributed by atoms with Crippen LogP contribution in [0, 0.1) is 6.92 Å². The van der Waals surface area contributed by atoms with Crippen LogP contribution in [0.2, 0.25) is 0 Å². The third-order valence-corrected chi connectivity index (χ3v) is 3.86. The second-order valence-electron chi connectivity index (χ2n) is 4.28. The number of hydrogen-bond acceptors (Lipinski definition) is 4. The topological polar surface area (TPSA) is 50.7 Å². The average Bonchev–Trinajstić information content (AvgIpc) is 2.91. The zero-order valence-electron chi connectivity index (χ0n) is 11.6. The number of rotatable bonds is 4. The number of nitrogens with zero attached hydrogens (tertiary/aromatic N) is 1. The zero-order chi connectivity index (χ0) is 14.5. The van der Waals surface area contributed by atoms with Gasteiger partial charge < -0.3 is 4.74 Å². The zero-order valence-corrected chi connectivity index (χ0v) is 12.5. The van der Waals surface area contributed by atoms with Crippen molar-refractivity contribution in [2.75, 3.05) is 7.11 Å². The number of ether oxygens (including phenoxy) is 1. The molecule has 0 unspecified atom stereocenters. The van der Waals surface area contributed by atoms with Crippen molar-refractivity contribution in [2.45, 2.75) is 13.8 Å². The summed E-state index contributed by atoms with van der Waals surface area (Å²) >= 11 is 1.65. The van der Waals surface area contributed by atoms with Gasteiger partial charge in [-0.25, -0.2) is 5.43 Å². The average molecular weight is 288 g/mol. The van der Waals surface area contributed by atoms with Gasteiger partial charge in [-0.05, 0) is 44.2 Å². The molecule has 0 fully saturated rings. The number of hydrazone groups is 1. The van der Waals surface area contributed by atoms with E-state index in [1.165, 1.54) is 4.88 Å². The number of carbonyl (C=O) groups excluding carboxylic acids is 1. The minimum Gasteiger partial charge on any atom is -0.497 e. The molecular formula is C15H16N2O2S. The summed E-state index contributed by atoms with van der Waals surface area (Å²) in [5.74, 6) is 0.392. The lowest BCUT2D eigenvalue weighted by atomic mass is 10.2. The Bertz CT molecular complexity index is 647. The van der Waals surface area contributed by atoms with E-state index < -0.39 is 0 Å². The number of hydrogen-bond donors (Lipinski definition) is 1. The van der Waals surface area contributed by atoms with Crippen LogP contribution >= 0.6 is 11.3 Å². The first-order chi connectivity index (χ1) is 9.60. The third kappa shape index (κ3) is 3.45. The van der Waals surface area contributed by atoms with Crippen molar-refractivity contribution in [1.29, 1.82) is 0 Å². The van der Waals surface area contributed by atoms with Gasteiger partial charge in [0.2, 0.25) is 0 Å². The summed E-state index contributed by atoms with van der Waals surface area (Å²) in [7, 11) is 1.57. The van der Waals surface area contributed by atoms with Crippen LogP contribution < -0.4 is 10.2 Å². The first-order valence-electron chi connectivity index (χ1n) is 6.15. The lowest BCUT2D eigenvalue weighted by Gasteiger charge is -2.04. The molecule has 1 heterocycles. The molecule has 0 bridgehead atoms. The van der Waals surface area contributed by atoms with Gasteiger partial charge in [-0.15, -0.1) is 11.3 Å². The van der Waals surface area contributed by atoms with Crippen molar-refractivity contribution in [3.63, 3.8) is 0 Å². The summed E-state index contributed by atoms with van der Waals surface area (Å²) in [6.45, 7) is 3.91. The molecular weight excluding hydrogens is 272 g/mol. The van der Waals surface area contributed by atoms with Gasteiger partial charge in [0.1, 0.15) is 5.75 Å². The summed E-state index contributed by atoms with van der Waals surface area (Å²) in [5, 5.41) is 4.13. The summed E-state index contributed by atoms with van der Waals surface area (Å²) in [6.07, 6.45) is 0. The molecule has 5 heteroatoms. The highest BCUT2D eigenvalue weighted by Crippen LogP contribution is 2.16. The maximum atomic E-state index is 12.0. The second-order valence-corrected chi connectivity index (χ2v) is 5.57. The van der Waals surface area contributed by atoms with Crippen molar-refractivity contribution < 1.29 is 9.53 Å². The number of nitrogens with one attached hydrogen (secondary N) is 1. The van der Waals surface area contributed by atoms with E-state index in [2.05, 4.69) is 10.5 Å². The summed E-state index contributed by atoms with van der Waals surface area (Å²) < 4.78 is 5.09. The maximum Gasteiger partial charge on any atom is 0.271 e. The fourth-order valence-electron chi connectivity index (χ4n) is 1.65. The number of thiophene rings is 1. The molecule has 2 aromatic rings. The molecule has 0 aliphatic heterocycles. The molecule has 0 saturated heterocycles. The highest BCUT2D eigenvalue weighted by atomic mass is 32.1. The van der Waals surface area contributed by atoms with Crippen LogP contribution in [0.3, 0.4) is 0 Å². The van der Waals surface area contributed by atoms with Crippen LogP contribution in [0.1, 0.15) is 27.0 Å². The Hall–Kier alpha value is -2.14. The Balaban J connectivity index is 2.07. The second kappa shape index (κ2) is 6.34. The molecule has 0 atom stereocenters. The molecule has 1 aromatic carbocycles. The summed E-state index contributed by atoms with van der Waals surface area (Å²) in [4.78, 5) is 14.2. The van der Waals surface area contributed by atoms with Crippen LogP contribution in [0.4, 0.5) is 0 Å². The molecule has 0 radical (unpaired) electrons. The van der Waals surface area contributed by atoms with Crippen LogP contribution in [0.25, 0.3) is 0 Å². The number of aryl methyl sites for hydroxylation is 1. The van der Waals surface area contributed by atoms with E-state index >= 15 is 0 Å². The van der Waals surface area contributed by atoms with E-state index in [9.17, 15) is 4.79 Å². The Kier molecular flexibility index (Phi) is 4.53. The highest BCUT2D eigenvalue weighted by molar-refractivity contribution is 7.14. The van der Waals surface area contributed by atoms with Gasteiger partial charge in [0, 0.05) is 10.4 Å². The molecule has 0 aliphatic rings. The Morgan fingerprint density at radius 1 is 1.30 bits per heavy atom. The fourth-order valence-corrected chi connectivity index (χ4v) is 2.46. The Labute approximate surface area is 122 Å². The predicted molar refractivity (Wildman–Crippen MR) is 81.7 cm³/mol. The Morgan fingerprint density at radius 2 is 2.10 bits per heavy atom. The largest absolute Gasteiger partial charge is 0.497 e. The fraction of sp³-hybridized carbons (Fsp3) is 0.200. The number of carbonyl (C=O) groups is 1. The lowest BCUT2D eigenvalue weighted by molar-refractivity contribution is 0.0954. The van der Waals surface area contributed by atoms with E-state index in [0.29, 0.717) is 11.3 Å². The van der Waals surface area contributed by atoms with E-state index in [0.717, 1.165) is 10.6 Å². The SMILES string of the molecule is COc1cccc(C(=O)N/N=C(\C)c2ccc(C)s2)c1. The lowest BCUT2D eigenvalue weighted by Crippen LogP contribution is -2.19. The number of methoxy groups -OCH3 is 1. The van der Waals surface area contributed by atoms with Crippen molar-refractivity contribution in [3.8, 4) is 5.75 Å². The van der Waals surface area contributed by atoms with Gasteiger partial charge in [0.15, 0.2) is 0 Å². The molecule has 20 heavy (non-hydrogen) atoms. The van der Waals surface area contributed by atoms with Gasteiger partial charge >= 0.3 is 0 Å².